The first-order valence-corrected chi connectivity index (χ1v) is 10.7. The number of nitrogens with zero attached hydrogens (tertiary/aromatic N) is 3. The zero-order chi connectivity index (χ0) is 18.5. The van der Waals surface area contributed by atoms with Gasteiger partial charge in [-0.05, 0) is 18.9 Å². The first-order chi connectivity index (χ1) is 12.6. The molecule has 1 aromatic carbocycles. The minimum atomic E-state index is -0.201. The molecule has 5 nitrogen and oxygen atoms in total. The van der Waals surface area contributed by atoms with E-state index in [-0.39, 0.29) is 5.91 Å². The number of thiazole rings is 1. The van der Waals surface area contributed by atoms with Gasteiger partial charge in [-0.1, -0.05) is 60.4 Å². The van der Waals surface area contributed by atoms with Crippen LogP contribution in [0, 0.1) is 6.92 Å². The van der Waals surface area contributed by atoms with Crippen molar-refractivity contribution in [1.82, 2.24) is 15.2 Å². The van der Waals surface area contributed by atoms with Gasteiger partial charge in [0.15, 0.2) is 4.34 Å². The predicted molar refractivity (Wildman–Crippen MR) is 110 cm³/mol. The van der Waals surface area contributed by atoms with Crippen LogP contribution in [-0.4, -0.2) is 26.8 Å². The number of aromatic nitrogens is 3. The van der Waals surface area contributed by atoms with Crippen molar-refractivity contribution in [1.29, 1.82) is 0 Å². The fourth-order valence-electron chi connectivity index (χ4n) is 2.22. The van der Waals surface area contributed by atoms with Crippen LogP contribution in [0.5, 0.6) is 0 Å². The maximum atomic E-state index is 12.6. The van der Waals surface area contributed by atoms with Gasteiger partial charge in [-0.15, -0.1) is 28.1 Å². The van der Waals surface area contributed by atoms with Gasteiger partial charge >= 0.3 is 0 Å². The van der Waals surface area contributed by atoms with E-state index in [1.54, 1.807) is 6.08 Å². The minimum absolute atomic E-state index is 0.201. The first kappa shape index (κ1) is 18.8. The predicted octanol–water partition coefficient (Wildman–Crippen LogP) is 5.06. The molecule has 0 radical (unpaired) electrons. The number of aryl methyl sites for hydroxylation is 2. The smallest absolute Gasteiger partial charge is 0.269 e. The van der Waals surface area contributed by atoms with Crippen LogP contribution in [0.15, 0.2) is 41.3 Å². The summed E-state index contributed by atoms with van der Waals surface area (Å²) in [4.78, 5) is 17.7. The minimum Gasteiger partial charge on any atom is -0.296 e. The lowest BCUT2D eigenvalue weighted by molar-refractivity contribution is 0.102. The zero-order valence-electron chi connectivity index (χ0n) is 14.5. The highest BCUT2D eigenvalue weighted by Crippen LogP contribution is 2.30. The molecule has 134 valence electrons. The van der Waals surface area contributed by atoms with Crippen molar-refractivity contribution in [2.24, 2.45) is 0 Å². The van der Waals surface area contributed by atoms with Gasteiger partial charge < -0.3 is 0 Å². The Bertz CT molecular complexity index is 915. The summed E-state index contributed by atoms with van der Waals surface area (Å²) in [6, 6.07) is 8.28. The molecule has 0 atom stereocenters. The fourth-order valence-corrected chi connectivity index (χ4v) is 4.69. The lowest BCUT2D eigenvalue weighted by atomic mass is 10.1. The standard InChI is InChI=1S/C18H18N4OS3/c1-4-10-24-18-22-21-17(26-18)20-15(23)14-11(3)19-16(25-14)13-8-6-12(5-2)7-9-13/h4,6-9H,1,5,10H2,2-3H3,(H,20,21,23). The number of carbonyl (C=O) groups is 1. The molecule has 1 amide bonds. The molecule has 3 rings (SSSR count). The number of thioether (sulfide) groups is 1. The van der Waals surface area contributed by atoms with Crippen molar-refractivity contribution in [3.8, 4) is 10.6 Å². The molecule has 0 aliphatic heterocycles. The SMILES string of the molecule is C=CCSc1nnc(NC(=O)c2sc(-c3ccc(CC)cc3)nc2C)s1. The average molecular weight is 403 g/mol. The van der Waals surface area contributed by atoms with Crippen molar-refractivity contribution in [2.75, 3.05) is 11.1 Å². The average Bonchev–Trinajstić information content (AvgIpc) is 3.26. The summed E-state index contributed by atoms with van der Waals surface area (Å²) in [5, 5.41) is 12.2. The number of nitrogens with one attached hydrogen (secondary N) is 1. The van der Waals surface area contributed by atoms with Crippen LogP contribution in [0.25, 0.3) is 10.6 Å². The quantitative estimate of drug-likeness (QED) is 0.340. The van der Waals surface area contributed by atoms with Crippen LogP contribution in [0.4, 0.5) is 5.13 Å². The van der Waals surface area contributed by atoms with E-state index in [9.17, 15) is 4.79 Å². The highest BCUT2D eigenvalue weighted by atomic mass is 32.2. The van der Waals surface area contributed by atoms with Gasteiger partial charge in [0.25, 0.3) is 5.91 Å². The molecule has 0 bridgehead atoms. The Morgan fingerprint density at radius 3 is 2.73 bits per heavy atom. The normalized spacial score (nSPS) is 10.7. The molecule has 0 saturated carbocycles. The van der Waals surface area contributed by atoms with Crippen LogP contribution in [0.2, 0.25) is 0 Å². The third-order valence-electron chi connectivity index (χ3n) is 3.56. The molecule has 1 N–H and O–H groups in total. The second-order valence-corrected chi connectivity index (χ2v) is 8.65. The van der Waals surface area contributed by atoms with E-state index in [0.29, 0.717) is 15.7 Å². The Morgan fingerprint density at radius 1 is 1.27 bits per heavy atom. The Balaban J connectivity index is 1.74. The van der Waals surface area contributed by atoms with Crippen molar-refractivity contribution >= 4 is 45.5 Å². The number of benzene rings is 1. The number of hydrogen-bond donors (Lipinski definition) is 1. The number of amides is 1. The molecule has 3 aromatic rings. The van der Waals surface area contributed by atoms with E-state index in [1.165, 1.54) is 40.0 Å². The fraction of sp³-hybridized carbons (Fsp3) is 0.222. The van der Waals surface area contributed by atoms with Gasteiger partial charge in [-0.3, -0.25) is 10.1 Å². The van der Waals surface area contributed by atoms with Crippen LogP contribution >= 0.6 is 34.4 Å². The molecule has 0 unspecified atom stereocenters. The zero-order valence-corrected chi connectivity index (χ0v) is 16.9. The van der Waals surface area contributed by atoms with Gasteiger partial charge in [0.05, 0.1) is 5.69 Å². The maximum absolute atomic E-state index is 12.6. The van der Waals surface area contributed by atoms with Gasteiger partial charge in [-0.25, -0.2) is 4.98 Å². The molecular weight excluding hydrogens is 384 g/mol. The van der Waals surface area contributed by atoms with Crippen molar-refractivity contribution in [3.05, 3.63) is 53.1 Å². The van der Waals surface area contributed by atoms with Crippen molar-refractivity contribution in [2.45, 2.75) is 24.6 Å². The number of carbonyl (C=O) groups excluding carboxylic acids is 1. The van der Waals surface area contributed by atoms with Gasteiger partial charge in [-0.2, -0.15) is 0 Å². The summed E-state index contributed by atoms with van der Waals surface area (Å²) in [5.41, 5.74) is 3.02. The van der Waals surface area contributed by atoms with Gasteiger partial charge in [0, 0.05) is 11.3 Å². The molecule has 0 fully saturated rings. The van der Waals surface area contributed by atoms with E-state index >= 15 is 0 Å². The summed E-state index contributed by atoms with van der Waals surface area (Å²) >= 11 is 4.28. The molecule has 0 aliphatic rings. The molecule has 0 aliphatic carbocycles. The second kappa shape index (κ2) is 8.57. The molecule has 0 spiro atoms. The highest BCUT2D eigenvalue weighted by molar-refractivity contribution is 8.01. The third-order valence-corrected chi connectivity index (χ3v) is 6.74. The molecule has 0 saturated heterocycles. The molecule has 2 heterocycles. The van der Waals surface area contributed by atoms with Crippen LogP contribution in [0.1, 0.15) is 27.9 Å². The van der Waals surface area contributed by atoms with Crippen LogP contribution < -0.4 is 5.32 Å². The largest absolute Gasteiger partial charge is 0.296 e. The molecule has 8 heteroatoms. The summed E-state index contributed by atoms with van der Waals surface area (Å²) < 4.78 is 0.804. The Kier molecular flexibility index (Phi) is 6.18. The highest BCUT2D eigenvalue weighted by Gasteiger charge is 2.18. The molecule has 26 heavy (non-hydrogen) atoms. The molecule has 2 aromatic heterocycles. The van der Waals surface area contributed by atoms with E-state index in [2.05, 4.69) is 46.1 Å². The summed E-state index contributed by atoms with van der Waals surface area (Å²) in [6.07, 6.45) is 2.80. The lowest BCUT2D eigenvalue weighted by Gasteiger charge is -1.99. The summed E-state index contributed by atoms with van der Waals surface area (Å²) in [5.74, 6) is 0.560. The monoisotopic (exact) mass is 402 g/mol. The Labute approximate surface area is 164 Å². The summed E-state index contributed by atoms with van der Waals surface area (Å²) in [6.45, 7) is 7.65. The van der Waals surface area contributed by atoms with E-state index in [4.69, 9.17) is 0 Å². The molecular formula is C18H18N4OS3. The Hall–Kier alpha value is -2.03. The third kappa shape index (κ3) is 4.38. The maximum Gasteiger partial charge on any atom is 0.269 e. The van der Waals surface area contributed by atoms with E-state index in [0.717, 1.165) is 27.1 Å². The topological polar surface area (TPSA) is 67.8 Å². The number of rotatable bonds is 7. The van der Waals surface area contributed by atoms with Gasteiger partial charge in [0.2, 0.25) is 5.13 Å². The number of hydrogen-bond acceptors (Lipinski definition) is 7. The summed E-state index contributed by atoms with van der Waals surface area (Å²) in [7, 11) is 0. The van der Waals surface area contributed by atoms with E-state index in [1.807, 2.05) is 19.1 Å². The van der Waals surface area contributed by atoms with Crippen molar-refractivity contribution in [3.63, 3.8) is 0 Å². The first-order valence-electron chi connectivity index (χ1n) is 8.06. The Morgan fingerprint density at radius 2 is 2.04 bits per heavy atom. The van der Waals surface area contributed by atoms with Gasteiger partial charge in [0.1, 0.15) is 9.88 Å². The van der Waals surface area contributed by atoms with Crippen LogP contribution in [0.3, 0.4) is 0 Å². The second-order valence-electron chi connectivity index (χ2n) is 5.41. The number of anilines is 1. The van der Waals surface area contributed by atoms with Crippen LogP contribution in [-0.2, 0) is 6.42 Å². The van der Waals surface area contributed by atoms with E-state index < -0.39 is 0 Å². The lowest BCUT2D eigenvalue weighted by Crippen LogP contribution is -2.11. The van der Waals surface area contributed by atoms with Crippen molar-refractivity contribution < 1.29 is 4.79 Å².